The molecule has 1 aliphatic heterocycles. The molecule has 3 nitrogen and oxygen atoms in total. The highest BCUT2D eigenvalue weighted by molar-refractivity contribution is 7.11. The Kier molecular flexibility index (Phi) is 2.80. The quantitative estimate of drug-likeness (QED) is 0.772. The lowest BCUT2D eigenvalue weighted by atomic mass is 9.42. The summed E-state index contributed by atoms with van der Waals surface area (Å²) in [5.74, 6) is 0. The molecule has 0 spiro atoms. The van der Waals surface area contributed by atoms with E-state index >= 15 is 0 Å². The Morgan fingerprint density at radius 1 is 1.00 bits per heavy atom. The van der Waals surface area contributed by atoms with Gasteiger partial charge < -0.3 is 13.7 Å². The number of hydrogen-bond acceptors (Lipinski definition) is 3. The fourth-order valence-corrected chi connectivity index (χ4v) is 2.18. The van der Waals surface area contributed by atoms with Crippen LogP contribution in [0.25, 0.3) is 11.0 Å². The van der Waals surface area contributed by atoms with Gasteiger partial charge in [-0.3, -0.25) is 0 Å². The van der Waals surface area contributed by atoms with Gasteiger partial charge in [0.1, 0.15) is 5.58 Å². The third-order valence-corrected chi connectivity index (χ3v) is 4.02. The Labute approximate surface area is 114 Å². The molecule has 0 N–H and O–H groups in total. The van der Waals surface area contributed by atoms with E-state index in [0.717, 1.165) is 16.6 Å². The fraction of sp³-hybridized carbons (Fsp3) is 0.429. The van der Waals surface area contributed by atoms with E-state index in [9.17, 15) is 0 Å². The third kappa shape index (κ3) is 2.21. The van der Waals surface area contributed by atoms with E-state index in [1.54, 1.807) is 0 Å². The Morgan fingerprint density at radius 3 is 2.26 bits per heavy atom. The lowest BCUT2D eigenvalue weighted by molar-refractivity contribution is 0.00578. The molecule has 0 bridgehead atoms. The number of hydrogen-bond donors (Lipinski definition) is 0. The highest BCUT2D eigenvalue weighted by Gasteiger charge is 2.51. The van der Waals surface area contributed by atoms with Crippen molar-refractivity contribution < 1.29 is 13.7 Å². The summed E-state index contributed by atoms with van der Waals surface area (Å²) in [5, 5.41) is 1.09. The van der Waals surface area contributed by atoms with Gasteiger partial charge in [-0.15, -0.1) is 0 Å². The standard InChI is InChI=1S/C14H17B2O3/c1-13(2)14(3,4)19-16(18-13)15-12-9-10-7-5-6-8-11(10)17-12/h5-9H,1-4H3. The van der Waals surface area contributed by atoms with Crippen LogP contribution >= 0.6 is 0 Å². The Balaban J connectivity index is 1.79. The average Bonchev–Trinajstić information content (AvgIpc) is 2.76. The summed E-state index contributed by atoms with van der Waals surface area (Å²) < 4.78 is 17.6. The zero-order valence-electron chi connectivity index (χ0n) is 11.8. The first-order valence-electron chi connectivity index (χ1n) is 6.56. The monoisotopic (exact) mass is 255 g/mol. The molecular weight excluding hydrogens is 238 g/mol. The van der Waals surface area contributed by atoms with Crippen molar-refractivity contribution in [1.82, 2.24) is 0 Å². The van der Waals surface area contributed by atoms with Crippen LogP contribution in [0.2, 0.25) is 0 Å². The summed E-state index contributed by atoms with van der Waals surface area (Å²) in [4.78, 5) is 0. The first kappa shape index (κ1) is 12.8. The second kappa shape index (κ2) is 4.15. The zero-order chi connectivity index (χ0) is 13.7. The molecule has 1 aromatic heterocycles. The van der Waals surface area contributed by atoms with Gasteiger partial charge in [-0.05, 0) is 39.8 Å². The van der Waals surface area contributed by atoms with Crippen LogP contribution in [0, 0.1) is 0 Å². The largest absolute Gasteiger partial charge is 0.473 e. The molecule has 5 heteroatoms. The number of para-hydroxylation sites is 1. The number of furan rings is 1. The molecular formula is C14H17B2O3. The van der Waals surface area contributed by atoms with Crippen LogP contribution < -0.4 is 5.66 Å². The van der Waals surface area contributed by atoms with Crippen LogP contribution in [0.5, 0.6) is 0 Å². The van der Waals surface area contributed by atoms with E-state index in [0.29, 0.717) is 0 Å². The van der Waals surface area contributed by atoms with Crippen molar-refractivity contribution in [3.63, 3.8) is 0 Å². The van der Waals surface area contributed by atoms with E-state index in [2.05, 4.69) is 0 Å². The van der Waals surface area contributed by atoms with Gasteiger partial charge in [0.2, 0.25) is 7.17 Å². The molecule has 0 unspecified atom stereocenters. The van der Waals surface area contributed by atoms with Gasteiger partial charge >= 0.3 is 7.01 Å². The van der Waals surface area contributed by atoms with E-state index in [-0.39, 0.29) is 18.2 Å². The van der Waals surface area contributed by atoms with Crippen LogP contribution in [-0.4, -0.2) is 25.4 Å². The molecule has 1 radical (unpaired) electrons. The molecule has 2 aromatic rings. The van der Waals surface area contributed by atoms with Gasteiger partial charge in [-0.1, -0.05) is 18.2 Å². The summed E-state index contributed by atoms with van der Waals surface area (Å²) >= 11 is 0. The minimum Gasteiger partial charge on any atom is -0.473 e. The van der Waals surface area contributed by atoms with Gasteiger partial charge in [0.05, 0.1) is 16.9 Å². The van der Waals surface area contributed by atoms with Crippen LogP contribution in [0.15, 0.2) is 34.7 Å². The van der Waals surface area contributed by atoms with Crippen LogP contribution in [0.3, 0.4) is 0 Å². The average molecular weight is 255 g/mol. The smallest absolute Gasteiger partial charge is 0.409 e. The summed E-state index contributed by atoms with van der Waals surface area (Å²) in [6.45, 7) is 8.16. The maximum atomic E-state index is 5.93. The first-order valence-corrected chi connectivity index (χ1v) is 6.56. The number of rotatable bonds is 2. The molecule has 1 saturated heterocycles. The van der Waals surface area contributed by atoms with Gasteiger partial charge in [-0.25, -0.2) is 0 Å². The third-order valence-electron chi connectivity index (χ3n) is 4.02. The molecule has 0 amide bonds. The predicted octanol–water partition coefficient (Wildman–Crippen LogP) is 2.35. The molecule has 3 rings (SSSR count). The van der Waals surface area contributed by atoms with Gasteiger partial charge in [-0.2, -0.15) is 0 Å². The minimum atomic E-state index is -0.370. The highest BCUT2D eigenvalue weighted by atomic mass is 16.7. The Hall–Kier alpha value is -1.19. The van der Waals surface area contributed by atoms with Gasteiger partial charge in [0.25, 0.3) is 0 Å². The molecule has 0 atom stereocenters. The van der Waals surface area contributed by atoms with Crippen molar-refractivity contribution in [2.45, 2.75) is 38.9 Å². The van der Waals surface area contributed by atoms with Gasteiger partial charge in [0.15, 0.2) is 0 Å². The Morgan fingerprint density at radius 2 is 1.63 bits per heavy atom. The normalized spacial score (nSPS) is 20.9. The minimum absolute atomic E-state index is 0.319. The van der Waals surface area contributed by atoms with E-state index in [4.69, 9.17) is 13.7 Å². The van der Waals surface area contributed by atoms with E-state index in [1.807, 2.05) is 65.2 Å². The molecule has 1 aromatic carbocycles. The summed E-state index contributed by atoms with van der Waals surface area (Å²) in [7, 11) is 1.52. The fourth-order valence-electron chi connectivity index (χ4n) is 2.18. The number of fused-ring (bicyclic) bond motifs is 1. The lowest BCUT2D eigenvalue weighted by Gasteiger charge is -2.32. The molecule has 1 aliphatic rings. The van der Waals surface area contributed by atoms with E-state index < -0.39 is 0 Å². The Bertz CT molecular complexity index is 555. The summed E-state index contributed by atoms with van der Waals surface area (Å²) in [5.41, 5.74) is 1.02. The zero-order valence-corrected chi connectivity index (χ0v) is 11.8. The molecule has 1 fully saturated rings. The molecule has 97 valence electrons. The second-order valence-electron chi connectivity index (χ2n) is 5.98. The van der Waals surface area contributed by atoms with E-state index in [1.165, 1.54) is 0 Å². The van der Waals surface area contributed by atoms with Crippen molar-refractivity contribution in [2.75, 3.05) is 0 Å². The summed E-state index contributed by atoms with van der Waals surface area (Å²) in [6, 6.07) is 9.94. The first-order chi connectivity index (χ1) is 8.87. The summed E-state index contributed by atoms with van der Waals surface area (Å²) in [6.07, 6.45) is 0. The maximum absolute atomic E-state index is 5.93. The van der Waals surface area contributed by atoms with Crippen LogP contribution in [-0.2, 0) is 9.31 Å². The predicted molar refractivity (Wildman–Crippen MR) is 77.7 cm³/mol. The molecule has 0 saturated carbocycles. The van der Waals surface area contributed by atoms with Crippen molar-refractivity contribution in [1.29, 1.82) is 0 Å². The molecule has 2 heterocycles. The van der Waals surface area contributed by atoms with Gasteiger partial charge in [0, 0.05) is 5.39 Å². The van der Waals surface area contributed by atoms with Crippen LogP contribution in [0.1, 0.15) is 27.7 Å². The van der Waals surface area contributed by atoms with Crippen molar-refractivity contribution in [3.8, 4) is 0 Å². The highest BCUT2D eigenvalue weighted by Crippen LogP contribution is 2.36. The topological polar surface area (TPSA) is 31.6 Å². The van der Waals surface area contributed by atoms with Crippen molar-refractivity contribution in [3.05, 3.63) is 30.3 Å². The SMILES string of the molecule is CC1(C)OB([B]c2cc3ccccc3o2)OC1(C)C. The van der Waals surface area contributed by atoms with Crippen molar-refractivity contribution in [2.24, 2.45) is 0 Å². The number of benzene rings is 1. The maximum Gasteiger partial charge on any atom is 0.409 e. The molecule has 0 aliphatic carbocycles. The second-order valence-corrected chi connectivity index (χ2v) is 5.98. The molecule has 19 heavy (non-hydrogen) atoms. The lowest BCUT2D eigenvalue weighted by Crippen LogP contribution is -2.41. The van der Waals surface area contributed by atoms with Crippen LogP contribution in [0.4, 0.5) is 0 Å². The van der Waals surface area contributed by atoms with Crippen molar-refractivity contribution >= 4 is 30.8 Å².